The van der Waals surface area contributed by atoms with E-state index >= 15 is 0 Å². The topological polar surface area (TPSA) is 26.0 Å². The molecule has 1 nitrogen and oxygen atoms in total. The first-order valence-corrected chi connectivity index (χ1v) is 6.20. The van der Waals surface area contributed by atoms with E-state index in [1.165, 1.54) is 5.57 Å². The maximum Gasteiger partial charge on any atom is 0.0926 e. The Kier molecular flexibility index (Phi) is 3.78. The first-order chi connectivity index (χ1) is 7.86. The first kappa shape index (κ1) is 11.0. The fourth-order valence-electron chi connectivity index (χ4n) is 1.43. The van der Waals surface area contributed by atoms with Gasteiger partial charge in [-0.15, -0.1) is 11.8 Å². The van der Waals surface area contributed by atoms with E-state index in [0.717, 1.165) is 16.3 Å². The van der Waals surface area contributed by atoms with Crippen LogP contribution >= 0.6 is 11.8 Å². The summed E-state index contributed by atoms with van der Waals surface area (Å²) in [4.78, 5) is 1.15. The molecule has 0 atom stereocenters. The number of thioether (sulfide) groups is 1. The molecule has 2 N–H and O–H groups in total. The van der Waals surface area contributed by atoms with Gasteiger partial charge in [0, 0.05) is 47.4 Å². The lowest BCUT2D eigenvalue weighted by molar-refractivity contribution is 1.44. The third kappa shape index (κ3) is 2.97. The summed E-state index contributed by atoms with van der Waals surface area (Å²) in [5.74, 6) is 0.943. The number of para-hydroxylation sites is 1. The smallest absolute Gasteiger partial charge is 0.0926 e. The molecule has 0 heterocycles. The van der Waals surface area contributed by atoms with Gasteiger partial charge in [0.25, 0.3) is 0 Å². The zero-order valence-electron chi connectivity index (χ0n) is 8.97. The monoisotopic (exact) mass is 228 g/mol. The Morgan fingerprint density at radius 3 is 2.88 bits per heavy atom. The molecule has 0 fully saturated rings. The molecule has 2 heteroatoms. The van der Waals surface area contributed by atoms with Crippen molar-refractivity contribution in [2.45, 2.75) is 4.90 Å². The molecule has 0 radical (unpaired) electrons. The van der Waals surface area contributed by atoms with Crippen molar-refractivity contribution in [3.63, 3.8) is 0 Å². The Morgan fingerprint density at radius 2 is 2.12 bits per heavy atom. The summed E-state index contributed by atoms with van der Waals surface area (Å²) >= 11 is 1.76. The lowest BCUT2D eigenvalue weighted by Crippen LogP contribution is -1.88. The molecule has 1 aliphatic carbocycles. The van der Waals surface area contributed by atoms with Gasteiger partial charge in [-0.1, -0.05) is 12.1 Å². The number of nitrogen functional groups attached to an aromatic ring is 1. The average Bonchev–Trinajstić information content (AvgIpc) is 2.33. The normalized spacial score (nSPS) is 16.4. The van der Waals surface area contributed by atoms with Crippen LogP contribution in [0.2, 0.25) is 0 Å². The SMILES string of the molecule is Nc1ccccc1SC/C=C1/C=CC=C[CH+]1. The van der Waals surface area contributed by atoms with Gasteiger partial charge in [0.15, 0.2) is 0 Å². The largest absolute Gasteiger partial charge is 0.398 e. The van der Waals surface area contributed by atoms with Crippen LogP contribution in [0.3, 0.4) is 0 Å². The molecular formula is C14H14NS+. The van der Waals surface area contributed by atoms with Gasteiger partial charge in [-0.05, 0) is 12.1 Å². The predicted molar refractivity (Wildman–Crippen MR) is 72.2 cm³/mol. The number of allylic oxidation sites excluding steroid dienone is 5. The molecule has 16 heavy (non-hydrogen) atoms. The summed E-state index contributed by atoms with van der Waals surface area (Å²) < 4.78 is 0. The standard InChI is InChI=1S/C14H14NS/c15-13-8-4-5-9-14(13)16-11-10-12-6-2-1-3-7-12/h1-10H,11,15H2/q+1. The van der Waals surface area contributed by atoms with Gasteiger partial charge in [-0.2, -0.15) is 0 Å². The van der Waals surface area contributed by atoms with Crippen molar-refractivity contribution in [3.8, 4) is 0 Å². The van der Waals surface area contributed by atoms with Crippen molar-refractivity contribution in [2.75, 3.05) is 11.5 Å². The number of hydrogen-bond donors (Lipinski definition) is 1. The van der Waals surface area contributed by atoms with E-state index in [4.69, 9.17) is 5.73 Å². The maximum absolute atomic E-state index is 5.87. The summed E-state index contributed by atoms with van der Waals surface area (Å²) in [7, 11) is 0. The molecule has 1 aliphatic rings. The Balaban J connectivity index is 1.91. The van der Waals surface area contributed by atoms with Crippen LogP contribution in [0.4, 0.5) is 5.69 Å². The van der Waals surface area contributed by atoms with Crippen molar-refractivity contribution in [2.24, 2.45) is 0 Å². The Morgan fingerprint density at radius 1 is 1.25 bits per heavy atom. The second-order valence-corrected chi connectivity index (χ2v) is 4.53. The highest BCUT2D eigenvalue weighted by atomic mass is 32.2. The van der Waals surface area contributed by atoms with Crippen molar-refractivity contribution >= 4 is 17.4 Å². The van der Waals surface area contributed by atoms with Crippen molar-refractivity contribution in [1.82, 2.24) is 0 Å². The molecular weight excluding hydrogens is 214 g/mol. The van der Waals surface area contributed by atoms with E-state index in [2.05, 4.69) is 24.6 Å². The van der Waals surface area contributed by atoms with Crippen molar-refractivity contribution < 1.29 is 0 Å². The third-order valence-corrected chi connectivity index (χ3v) is 3.29. The van der Waals surface area contributed by atoms with Gasteiger partial charge in [-0.3, -0.25) is 0 Å². The van der Waals surface area contributed by atoms with Gasteiger partial charge in [0.05, 0.1) is 11.3 Å². The summed E-state index contributed by atoms with van der Waals surface area (Å²) in [6.45, 7) is 0. The molecule has 0 aliphatic heterocycles. The van der Waals surface area contributed by atoms with Crippen molar-refractivity contribution in [3.05, 3.63) is 66.6 Å². The van der Waals surface area contributed by atoms with E-state index in [0.29, 0.717) is 0 Å². The number of nitrogens with two attached hydrogens (primary N) is 1. The van der Waals surface area contributed by atoms with E-state index in [-0.39, 0.29) is 0 Å². The number of hydrogen-bond acceptors (Lipinski definition) is 2. The Labute approximate surface area is 101 Å². The van der Waals surface area contributed by atoms with Gasteiger partial charge in [0.2, 0.25) is 0 Å². The molecule has 0 spiro atoms. The van der Waals surface area contributed by atoms with E-state index < -0.39 is 0 Å². The summed E-state index contributed by atoms with van der Waals surface area (Å²) in [5, 5.41) is 0. The number of benzene rings is 1. The summed E-state index contributed by atoms with van der Waals surface area (Å²) in [5.41, 5.74) is 7.97. The number of rotatable bonds is 3. The van der Waals surface area contributed by atoms with Gasteiger partial charge in [-0.25, -0.2) is 0 Å². The average molecular weight is 228 g/mol. The zero-order valence-corrected chi connectivity index (χ0v) is 9.78. The minimum absolute atomic E-state index is 0.856. The molecule has 80 valence electrons. The summed E-state index contributed by atoms with van der Waals surface area (Å²) in [6, 6.07) is 7.96. The highest BCUT2D eigenvalue weighted by Gasteiger charge is 2.02. The van der Waals surface area contributed by atoms with Gasteiger partial charge < -0.3 is 5.73 Å². The van der Waals surface area contributed by atoms with E-state index in [1.807, 2.05) is 36.4 Å². The van der Waals surface area contributed by atoms with E-state index in [9.17, 15) is 0 Å². The fourth-order valence-corrected chi connectivity index (χ4v) is 2.29. The lowest BCUT2D eigenvalue weighted by atomic mass is 10.1. The second-order valence-electron chi connectivity index (χ2n) is 3.46. The highest BCUT2D eigenvalue weighted by molar-refractivity contribution is 7.99. The quantitative estimate of drug-likeness (QED) is 0.486. The molecule has 0 unspecified atom stereocenters. The molecule has 0 saturated heterocycles. The number of anilines is 1. The van der Waals surface area contributed by atoms with Crippen LogP contribution < -0.4 is 5.73 Å². The van der Waals surface area contributed by atoms with Gasteiger partial charge in [0.1, 0.15) is 0 Å². The van der Waals surface area contributed by atoms with Crippen LogP contribution in [0.1, 0.15) is 0 Å². The molecule has 2 rings (SSSR count). The third-order valence-electron chi connectivity index (χ3n) is 2.28. The fraction of sp³-hybridized carbons (Fsp3) is 0.0714. The van der Waals surface area contributed by atoms with Crippen molar-refractivity contribution in [1.29, 1.82) is 0 Å². The minimum Gasteiger partial charge on any atom is -0.398 e. The predicted octanol–water partition coefficient (Wildman–Crippen LogP) is 3.62. The van der Waals surface area contributed by atoms with Crippen LogP contribution in [0.5, 0.6) is 0 Å². The highest BCUT2D eigenvalue weighted by Crippen LogP contribution is 2.25. The lowest BCUT2D eigenvalue weighted by Gasteiger charge is -2.01. The second kappa shape index (κ2) is 5.52. The Hall–Kier alpha value is -1.54. The molecule has 0 saturated carbocycles. The van der Waals surface area contributed by atoms with Crippen LogP contribution in [-0.4, -0.2) is 5.75 Å². The molecule has 0 bridgehead atoms. The van der Waals surface area contributed by atoms with Crippen LogP contribution in [-0.2, 0) is 0 Å². The minimum atomic E-state index is 0.856. The van der Waals surface area contributed by atoms with Crippen LogP contribution in [0.25, 0.3) is 0 Å². The van der Waals surface area contributed by atoms with Crippen LogP contribution in [0.15, 0.2) is 65.1 Å². The maximum atomic E-state index is 5.87. The summed E-state index contributed by atoms with van der Waals surface area (Å²) in [6.07, 6.45) is 12.5. The first-order valence-electron chi connectivity index (χ1n) is 5.22. The zero-order chi connectivity index (χ0) is 11.2. The van der Waals surface area contributed by atoms with Gasteiger partial charge >= 0.3 is 0 Å². The van der Waals surface area contributed by atoms with E-state index in [1.54, 1.807) is 11.8 Å². The van der Waals surface area contributed by atoms with Crippen LogP contribution in [0, 0.1) is 6.42 Å². The molecule has 1 aromatic rings. The molecule has 0 aromatic heterocycles. The Bertz CT molecular complexity index is 444. The molecule has 0 amide bonds. The molecule has 1 aromatic carbocycles.